The van der Waals surface area contributed by atoms with Crippen LogP contribution in [0.4, 0.5) is 0 Å². The highest BCUT2D eigenvalue weighted by Gasteiger charge is 2.27. The van der Waals surface area contributed by atoms with Crippen molar-refractivity contribution >= 4 is 23.4 Å². The van der Waals surface area contributed by atoms with Gasteiger partial charge in [0.25, 0.3) is 0 Å². The topological polar surface area (TPSA) is 58.2 Å². The first-order valence-electron chi connectivity index (χ1n) is 11.4. The molecule has 172 valence electrons. The van der Waals surface area contributed by atoms with Gasteiger partial charge in [-0.25, -0.2) is 0 Å². The summed E-state index contributed by atoms with van der Waals surface area (Å²) in [4.78, 5) is 25.9. The summed E-state index contributed by atoms with van der Waals surface area (Å²) < 4.78 is 0. The number of rotatable bonds is 13. The van der Waals surface area contributed by atoms with E-state index in [9.17, 15) is 9.59 Å². The van der Waals surface area contributed by atoms with Crippen molar-refractivity contribution in [1.82, 2.24) is 10.6 Å². The number of aryl methyl sites for hydroxylation is 1. The number of benzene rings is 2. The monoisotopic (exact) mass is 454 g/mol. The highest BCUT2D eigenvalue weighted by atomic mass is 35.5. The van der Waals surface area contributed by atoms with Gasteiger partial charge in [-0.1, -0.05) is 80.4 Å². The molecular formula is C27H35ClN2O2. The van der Waals surface area contributed by atoms with Gasteiger partial charge in [0.1, 0.15) is 6.04 Å². The van der Waals surface area contributed by atoms with Gasteiger partial charge < -0.3 is 10.6 Å². The molecule has 0 aromatic heterocycles. The molecule has 0 aliphatic rings. The van der Waals surface area contributed by atoms with E-state index in [1.807, 2.05) is 43.3 Å². The molecule has 5 heteroatoms. The van der Waals surface area contributed by atoms with Crippen molar-refractivity contribution in [2.45, 2.75) is 52.0 Å². The molecular weight excluding hydrogens is 420 g/mol. The lowest BCUT2D eigenvalue weighted by Gasteiger charge is -2.25. The highest BCUT2D eigenvalue weighted by Crippen LogP contribution is 2.20. The van der Waals surface area contributed by atoms with E-state index in [1.165, 1.54) is 5.56 Å². The summed E-state index contributed by atoms with van der Waals surface area (Å²) in [5.41, 5.74) is 2.19. The fourth-order valence-electron chi connectivity index (χ4n) is 3.79. The minimum Gasteiger partial charge on any atom is -0.354 e. The zero-order valence-corrected chi connectivity index (χ0v) is 19.9. The summed E-state index contributed by atoms with van der Waals surface area (Å²) in [5.74, 6) is -0.253. The van der Waals surface area contributed by atoms with Crippen molar-refractivity contribution in [3.8, 4) is 0 Å². The summed E-state index contributed by atoms with van der Waals surface area (Å²) in [7, 11) is 0. The Labute approximate surface area is 197 Å². The van der Waals surface area contributed by atoms with E-state index in [4.69, 9.17) is 11.6 Å². The zero-order chi connectivity index (χ0) is 23.3. The van der Waals surface area contributed by atoms with Gasteiger partial charge in [0.15, 0.2) is 0 Å². The molecule has 32 heavy (non-hydrogen) atoms. The lowest BCUT2D eigenvalue weighted by atomic mass is 9.87. The van der Waals surface area contributed by atoms with Crippen LogP contribution in [0, 0.1) is 11.8 Å². The molecule has 3 atom stereocenters. The number of amides is 2. The Morgan fingerprint density at radius 1 is 1.03 bits per heavy atom. The summed E-state index contributed by atoms with van der Waals surface area (Å²) in [6.07, 6.45) is 5.66. The molecule has 0 heterocycles. The standard InChI is InChI=1S/C27H35ClN2O2/c1-4-10-23(5-2)20(3)26(31)30-25(19-22-14-16-24(28)17-15-22)27(32)29-18-9-13-21-11-7-6-8-12-21/h4,6-8,11-12,14-17,20,23,25H,1,5,9-10,13,18-19H2,2-3H3,(H,29,32)(H,30,31)/t20?,23?,25-/m0/s1. The first-order valence-corrected chi connectivity index (χ1v) is 11.8. The molecule has 0 fully saturated rings. The molecule has 0 bridgehead atoms. The van der Waals surface area contributed by atoms with Crippen LogP contribution in [0.1, 0.15) is 44.2 Å². The maximum absolute atomic E-state index is 13.0. The van der Waals surface area contributed by atoms with Crippen molar-refractivity contribution in [3.63, 3.8) is 0 Å². The van der Waals surface area contributed by atoms with Crippen molar-refractivity contribution in [3.05, 3.63) is 83.4 Å². The SMILES string of the molecule is C=CCC(CC)C(C)C(=O)N[C@@H](Cc1ccc(Cl)cc1)C(=O)NCCCc1ccccc1. The molecule has 2 N–H and O–H groups in total. The van der Waals surface area contributed by atoms with Gasteiger partial charge in [-0.15, -0.1) is 6.58 Å². The van der Waals surface area contributed by atoms with Gasteiger partial charge in [-0.05, 0) is 48.4 Å². The summed E-state index contributed by atoms with van der Waals surface area (Å²) in [5, 5.41) is 6.64. The molecule has 4 nitrogen and oxygen atoms in total. The van der Waals surface area contributed by atoms with Gasteiger partial charge >= 0.3 is 0 Å². The van der Waals surface area contributed by atoms with Crippen molar-refractivity contribution in [1.29, 1.82) is 0 Å². The predicted molar refractivity (Wildman–Crippen MR) is 133 cm³/mol. The molecule has 0 saturated carbocycles. The highest BCUT2D eigenvalue weighted by molar-refractivity contribution is 6.30. The molecule has 0 spiro atoms. The lowest BCUT2D eigenvalue weighted by Crippen LogP contribution is -2.50. The second-order valence-electron chi connectivity index (χ2n) is 8.25. The number of allylic oxidation sites excluding steroid dienone is 1. The molecule has 0 aliphatic heterocycles. The largest absolute Gasteiger partial charge is 0.354 e. The average molecular weight is 455 g/mol. The summed E-state index contributed by atoms with van der Waals surface area (Å²) in [6.45, 7) is 8.35. The minimum absolute atomic E-state index is 0.0999. The van der Waals surface area contributed by atoms with Crippen LogP contribution in [0.5, 0.6) is 0 Å². The van der Waals surface area contributed by atoms with Crippen molar-refractivity contribution in [2.24, 2.45) is 11.8 Å². The molecule has 2 unspecified atom stereocenters. The molecule has 2 aromatic carbocycles. The normalized spacial score (nSPS) is 13.6. The van der Waals surface area contributed by atoms with Crippen molar-refractivity contribution in [2.75, 3.05) is 6.54 Å². The number of halogens is 1. The van der Waals surface area contributed by atoms with Crippen LogP contribution in [-0.2, 0) is 22.4 Å². The first kappa shape index (κ1) is 25.7. The third-order valence-corrected chi connectivity index (χ3v) is 6.14. The predicted octanol–water partition coefficient (Wildman–Crippen LogP) is 5.35. The molecule has 0 aliphatic carbocycles. The Hall–Kier alpha value is -2.59. The van der Waals surface area contributed by atoms with E-state index in [1.54, 1.807) is 12.1 Å². The number of nitrogens with one attached hydrogen (secondary N) is 2. The van der Waals surface area contributed by atoms with E-state index in [0.29, 0.717) is 18.0 Å². The summed E-state index contributed by atoms with van der Waals surface area (Å²) >= 11 is 6.00. The van der Waals surface area contributed by atoms with Crippen LogP contribution < -0.4 is 10.6 Å². The Bertz CT molecular complexity index is 852. The maximum atomic E-state index is 13.0. The fraction of sp³-hybridized carbons (Fsp3) is 0.407. The van der Waals surface area contributed by atoms with Gasteiger partial charge in [-0.3, -0.25) is 9.59 Å². The number of carbonyl (C=O) groups is 2. The van der Waals surface area contributed by atoms with E-state index in [2.05, 4.69) is 36.3 Å². The number of hydrogen-bond donors (Lipinski definition) is 2. The Morgan fingerprint density at radius 2 is 1.72 bits per heavy atom. The Balaban J connectivity index is 2.00. The first-order chi connectivity index (χ1) is 15.4. The smallest absolute Gasteiger partial charge is 0.242 e. The molecule has 2 amide bonds. The van der Waals surface area contributed by atoms with E-state index in [-0.39, 0.29) is 23.7 Å². The fourth-order valence-corrected chi connectivity index (χ4v) is 3.92. The quantitative estimate of drug-likeness (QED) is 0.316. The Morgan fingerprint density at radius 3 is 2.34 bits per heavy atom. The van der Waals surface area contributed by atoms with Crippen LogP contribution in [0.2, 0.25) is 5.02 Å². The molecule has 2 rings (SSSR count). The van der Waals surface area contributed by atoms with Crippen LogP contribution in [0.15, 0.2) is 67.3 Å². The van der Waals surface area contributed by atoms with Crippen LogP contribution in [0.3, 0.4) is 0 Å². The van der Waals surface area contributed by atoms with E-state index < -0.39 is 6.04 Å². The van der Waals surface area contributed by atoms with Gasteiger partial charge in [-0.2, -0.15) is 0 Å². The third kappa shape index (κ3) is 8.51. The van der Waals surface area contributed by atoms with Crippen LogP contribution >= 0.6 is 11.6 Å². The third-order valence-electron chi connectivity index (χ3n) is 5.88. The van der Waals surface area contributed by atoms with Gasteiger partial charge in [0.2, 0.25) is 11.8 Å². The van der Waals surface area contributed by atoms with Crippen LogP contribution in [-0.4, -0.2) is 24.4 Å². The van der Waals surface area contributed by atoms with E-state index in [0.717, 1.165) is 31.2 Å². The average Bonchev–Trinajstić information content (AvgIpc) is 2.81. The van der Waals surface area contributed by atoms with Gasteiger partial charge in [0, 0.05) is 23.9 Å². The van der Waals surface area contributed by atoms with E-state index >= 15 is 0 Å². The minimum atomic E-state index is -0.635. The van der Waals surface area contributed by atoms with Crippen LogP contribution in [0.25, 0.3) is 0 Å². The second kappa shape index (κ2) is 13.7. The second-order valence-corrected chi connectivity index (χ2v) is 8.69. The number of carbonyl (C=O) groups excluding carboxylic acids is 2. The maximum Gasteiger partial charge on any atom is 0.242 e. The zero-order valence-electron chi connectivity index (χ0n) is 19.1. The molecule has 0 radical (unpaired) electrons. The van der Waals surface area contributed by atoms with Crippen molar-refractivity contribution < 1.29 is 9.59 Å². The molecule has 0 saturated heterocycles. The van der Waals surface area contributed by atoms with Gasteiger partial charge in [0.05, 0.1) is 0 Å². The molecule has 2 aromatic rings. The summed E-state index contributed by atoms with van der Waals surface area (Å²) in [6, 6.07) is 16.9. The lowest BCUT2D eigenvalue weighted by molar-refractivity contribution is -0.131. The Kier molecular flexibility index (Phi) is 11.0. The number of hydrogen-bond acceptors (Lipinski definition) is 2.